The van der Waals surface area contributed by atoms with Gasteiger partial charge in [0.25, 0.3) is 0 Å². The van der Waals surface area contributed by atoms with E-state index in [1.807, 2.05) is 6.07 Å². The lowest BCUT2D eigenvalue weighted by Crippen LogP contribution is -2.22. The molecule has 0 aliphatic carbocycles. The van der Waals surface area contributed by atoms with Crippen LogP contribution < -0.4 is 10.1 Å². The number of methoxy groups -OCH3 is 1. The molecule has 1 aromatic heterocycles. The maximum atomic E-state index is 5.28. The van der Waals surface area contributed by atoms with Crippen molar-refractivity contribution in [1.29, 1.82) is 0 Å². The Hall–Kier alpha value is -1.26. The van der Waals surface area contributed by atoms with Crippen molar-refractivity contribution in [1.82, 2.24) is 9.88 Å². The predicted octanol–water partition coefficient (Wildman–Crippen LogP) is 4.37. The van der Waals surface area contributed by atoms with Gasteiger partial charge in [-0.2, -0.15) is 0 Å². The maximum absolute atomic E-state index is 5.28. The molecule has 21 heavy (non-hydrogen) atoms. The Labute approximate surface area is 135 Å². The number of nitrogens with zero attached hydrogens (tertiary/aromatic N) is 1. The van der Waals surface area contributed by atoms with Crippen LogP contribution in [0.2, 0.25) is 0 Å². The molecule has 1 unspecified atom stereocenters. The van der Waals surface area contributed by atoms with Crippen molar-refractivity contribution in [2.75, 3.05) is 13.7 Å². The van der Waals surface area contributed by atoms with Crippen molar-refractivity contribution >= 4 is 15.9 Å². The van der Waals surface area contributed by atoms with Crippen molar-refractivity contribution in [2.24, 2.45) is 0 Å². The van der Waals surface area contributed by atoms with Crippen molar-refractivity contribution in [3.05, 3.63) is 52.3 Å². The quantitative estimate of drug-likeness (QED) is 0.802. The highest BCUT2D eigenvalue weighted by molar-refractivity contribution is 9.10. The summed E-state index contributed by atoms with van der Waals surface area (Å²) in [5, 5.41) is 3.54. The van der Waals surface area contributed by atoms with Crippen LogP contribution in [0.3, 0.4) is 0 Å². The number of rotatable bonds is 7. The second kappa shape index (κ2) is 7.66. The van der Waals surface area contributed by atoms with Gasteiger partial charge in [-0.15, -0.1) is 0 Å². The summed E-state index contributed by atoms with van der Waals surface area (Å²) in [7, 11) is 1.69. The van der Waals surface area contributed by atoms with Crippen LogP contribution in [0.5, 0.6) is 5.75 Å². The van der Waals surface area contributed by atoms with Crippen molar-refractivity contribution in [3.8, 4) is 5.75 Å². The summed E-state index contributed by atoms with van der Waals surface area (Å²) in [5.74, 6) is 0.865. The van der Waals surface area contributed by atoms with Crippen LogP contribution in [0.1, 0.15) is 37.6 Å². The Kier molecular flexibility index (Phi) is 5.88. The van der Waals surface area contributed by atoms with Gasteiger partial charge >= 0.3 is 0 Å². The third kappa shape index (κ3) is 4.11. The van der Waals surface area contributed by atoms with Crippen molar-refractivity contribution < 1.29 is 4.74 Å². The molecule has 0 aliphatic rings. The van der Waals surface area contributed by atoms with Gasteiger partial charge in [-0.25, -0.2) is 0 Å². The first kappa shape index (κ1) is 16.1. The molecule has 0 bridgehead atoms. The molecule has 0 fully saturated rings. The zero-order valence-electron chi connectivity index (χ0n) is 12.9. The van der Waals surface area contributed by atoms with E-state index in [4.69, 9.17) is 4.74 Å². The standard InChI is InChI=1S/C17H23BrN2O/c1-4-9-19-13(2)16-6-5-10-20(16)12-14-7-8-17(21-3)15(18)11-14/h5-8,10-11,13,19H,4,9,12H2,1-3H3. The van der Waals surface area contributed by atoms with Gasteiger partial charge in [0.05, 0.1) is 11.6 Å². The molecule has 0 radical (unpaired) electrons. The summed E-state index contributed by atoms with van der Waals surface area (Å²) in [6.45, 7) is 6.31. The van der Waals surface area contributed by atoms with Crippen LogP contribution >= 0.6 is 15.9 Å². The predicted molar refractivity (Wildman–Crippen MR) is 90.9 cm³/mol. The first-order valence-electron chi connectivity index (χ1n) is 7.36. The zero-order chi connectivity index (χ0) is 15.2. The SMILES string of the molecule is CCCNC(C)c1cccn1Cc1ccc(OC)c(Br)c1. The Morgan fingerprint density at radius 2 is 2.14 bits per heavy atom. The van der Waals surface area contributed by atoms with Crippen molar-refractivity contribution in [2.45, 2.75) is 32.9 Å². The number of ether oxygens (including phenoxy) is 1. The van der Waals surface area contributed by atoms with Gasteiger partial charge in [0.2, 0.25) is 0 Å². The summed E-state index contributed by atoms with van der Waals surface area (Å²) < 4.78 is 8.56. The normalized spacial score (nSPS) is 12.4. The van der Waals surface area contributed by atoms with Gasteiger partial charge in [-0.1, -0.05) is 13.0 Å². The van der Waals surface area contributed by atoms with E-state index in [1.54, 1.807) is 7.11 Å². The van der Waals surface area contributed by atoms with E-state index in [2.05, 4.69) is 70.1 Å². The van der Waals surface area contributed by atoms with E-state index in [0.29, 0.717) is 6.04 Å². The van der Waals surface area contributed by atoms with Crippen LogP contribution in [0.4, 0.5) is 0 Å². The first-order chi connectivity index (χ1) is 10.2. The van der Waals surface area contributed by atoms with Gasteiger partial charge < -0.3 is 14.6 Å². The number of aromatic nitrogens is 1. The summed E-state index contributed by atoms with van der Waals surface area (Å²) in [6.07, 6.45) is 3.29. The summed E-state index contributed by atoms with van der Waals surface area (Å²) in [6, 6.07) is 10.9. The lowest BCUT2D eigenvalue weighted by molar-refractivity contribution is 0.412. The molecule has 0 aliphatic heterocycles. The van der Waals surface area contributed by atoms with Gasteiger partial charge in [0, 0.05) is 24.5 Å². The fraction of sp³-hybridized carbons (Fsp3) is 0.412. The number of hydrogen-bond donors (Lipinski definition) is 1. The molecule has 0 saturated carbocycles. The molecule has 1 N–H and O–H groups in total. The molecule has 2 aromatic rings. The van der Waals surface area contributed by atoms with Crippen LogP contribution in [0.15, 0.2) is 41.0 Å². The average Bonchev–Trinajstić information content (AvgIpc) is 2.93. The van der Waals surface area contributed by atoms with Gasteiger partial charge in [0.15, 0.2) is 0 Å². The van der Waals surface area contributed by atoms with Gasteiger partial charge in [-0.3, -0.25) is 0 Å². The van der Waals surface area contributed by atoms with Crippen LogP contribution in [0, 0.1) is 0 Å². The van der Waals surface area contributed by atoms with Gasteiger partial charge in [0.1, 0.15) is 5.75 Å². The number of nitrogens with one attached hydrogen (secondary N) is 1. The summed E-state index contributed by atoms with van der Waals surface area (Å²) in [5.41, 5.74) is 2.57. The maximum Gasteiger partial charge on any atom is 0.133 e. The number of benzene rings is 1. The second-order valence-electron chi connectivity index (χ2n) is 5.21. The highest BCUT2D eigenvalue weighted by Crippen LogP contribution is 2.26. The molecular weight excluding hydrogens is 328 g/mol. The highest BCUT2D eigenvalue weighted by Gasteiger charge is 2.10. The fourth-order valence-corrected chi connectivity index (χ4v) is 3.02. The molecular formula is C17H23BrN2O. The van der Waals surface area contributed by atoms with Crippen LogP contribution in [-0.4, -0.2) is 18.2 Å². The number of hydrogen-bond acceptors (Lipinski definition) is 2. The Morgan fingerprint density at radius 1 is 1.33 bits per heavy atom. The fourth-order valence-electron chi connectivity index (χ4n) is 2.43. The molecule has 0 spiro atoms. The van der Waals surface area contributed by atoms with E-state index >= 15 is 0 Å². The molecule has 0 amide bonds. The average molecular weight is 351 g/mol. The lowest BCUT2D eigenvalue weighted by Gasteiger charge is -2.17. The Bertz CT molecular complexity index is 580. The van der Waals surface area contributed by atoms with Gasteiger partial charge in [-0.05, 0) is 65.6 Å². The minimum absolute atomic E-state index is 0.363. The molecule has 3 nitrogen and oxygen atoms in total. The molecule has 1 atom stereocenters. The zero-order valence-corrected chi connectivity index (χ0v) is 14.5. The summed E-state index contributed by atoms with van der Waals surface area (Å²) in [4.78, 5) is 0. The molecule has 0 saturated heterocycles. The van der Waals surface area contributed by atoms with E-state index in [1.165, 1.54) is 11.3 Å². The van der Waals surface area contributed by atoms with Crippen molar-refractivity contribution in [3.63, 3.8) is 0 Å². The Morgan fingerprint density at radius 3 is 2.81 bits per heavy atom. The smallest absolute Gasteiger partial charge is 0.133 e. The van der Waals surface area contributed by atoms with E-state index in [9.17, 15) is 0 Å². The Balaban J connectivity index is 2.13. The van der Waals surface area contributed by atoms with E-state index in [-0.39, 0.29) is 0 Å². The molecule has 1 heterocycles. The monoisotopic (exact) mass is 350 g/mol. The minimum atomic E-state index is 0.363. The third-order valence-corrected chi connectivity index (χ3v) is 4.20. The van der Waals surface area contributed by atoms with Crippen LogP contribution in [-0.2, 0) is 6.54 Å². The lowest BCUT2D eigenvalue weighted by atomic mass is 10.2. The minimum Gasteiger partial charge on any atom is -0.496 e. The summed E-state index contributed by atoms with van der Waals surface area (Å²) >= 11 is 3.55. The topological polar surface area (TPSA) is 26.2 Å². The second-order valence-corrected chi connectivity index (χ2v) is 6.06. The molecule has 114 valence electrons. The molecule has 1 aromatic carbocycles. The number of halogens is 1. The highest BCUT2D eigenvalue weighted by atomic mass is 79.9. The first-order valence-corrected chi connectivity index (χ1v) is 8.15. The van der Waals surface area contributed by atoms with E-state index < -0.39 is 0 Å². The largest absolute Gasteiger partial charge is 0.496 e. The molecule has 2 rings (SSSR count). The van der Waals surface area contributed by atoms with Crippen LogP contribution in [0.25, 0.3) is 0 Å². The molecule has 4 heteroatoms. The van der Waals surface area contributed by atoms with E-state index in [0.717, 1.165) is 29.7 Å². The third-order valence-electron chi connectivity index (χ3n) is 3.58.